The molecule has 76 valence electrons. The van der Waals surface area contributed by atoms with Crippen molar-refractivity contribution in [2.75, 3.05) is 18.0 Å². The zero-order valence-corrected chi connectivity index (χ0v) is 7.32. The molecule has 0 atom stereocenters. The third kappa shape index (κ3) is 1.65. The smallest absolute Gasteiger partial charge is 0.282 e. The molecule has 0 aliphatic carbocycles. The summed E-state index contributed by atoms with van der Waals surface area (Å²) in [4.78, 5) is 9.09. The van der Waals surface area contributed by atoms with E-state index < -0.39 is 5.92 Å². The first kappa shape index (κ1) is 9.26. The van der Waals surface area contributed by atoms with Crippen LogP contribution in [-0.4, -0.2) is 34.1 Å². The summed E-state index contributed by atoms with van der Waals surface area (Å²) in [5.41, 5.74) is 0.563. The Labute approximate surface area is 79.2 Å². The molecule has 0 unspecified atom stereocenters. The predicted octanol–water partition coefficient (Wildman–Crippen LogP) is 0.424. The van der Waals surface area contributed by atoms with Crippen LogP contribution in [0.25, 0.3) is 0 Å². The summed E-state index contributed by atoms with van der Waals surface area (Å²) in [5.74, 6) is -2.30. The lowest BCUT2D eigenvalue weighted by atomic mass is 10.1. The number of aliphatic hydroxyl groups excluding tert-OH is 1. The minimum Gasteiger partial charge on any atom is -0.388 e. The highest BCUT2D eigenvalue weighted by Crippen LogP contribution is 2.30. The maximum absolute atomic E-state index is 12.5. The lowest BCUT2D eigenvalue weighted by molar-refractivity contribution is -0.0263. The normalized spacial score (nSPS) is 19.2. The van der Waals surface area contributed by atoms with Crippen LogP contribution in [0.1, 0.15) is 5.82 Å². The highest BCUT2D eigenvalue weighted by atomic mass is 19.3. The molecular formula is C8H9F2N3O. The highest BCUT2D eigenvalue weighted by Gasteiger charge is 2.44. The zero-order chi connectivity index (χ0) is 10.2. The van der Waals surface area contributed by atoms with Crippen molar-refractivity contribution in [1.82, 2.24) is 9.97 Å². The summed E-state index contributed by atoms with van der Waals surface area (Å²) in [6.07, 6.45) is 2.88. The molecule has 4 nitrogen and oxygen atoms in total. The lowest BCUT2D eigenvalue weighted by Gasteiger charge is -2.39. The van der Waals surface area contributed by atoms with Crippen molar-refractivity contribution in [3.05, 3.63) is 18.2 Å². The van der Waals surface area contributed by atoms with Crippen LogP contribution in [0.4, 0.5) is 14.5 Å². The molecule has 1 aromatic heterocycles. The van der Waals surface area contributed by atoms with Crippen molar-refractivity contribution in [2.24, 2.45) is 0 Å². The Morgan fingerprint density at radius 1 is 1.36 bits per heavy atom. The van der Waals surface area contributed by atoms with Crippen LogP contribution in [0.15, 0.2) is 12.4 Å². The topological polar surface area (TPSA) is 49.3 Å². The number of alkyl halides is 2. The monoisotopic (exact) mass is 201 g/mol. The van der Waals surface area contributed by atoms with Crippen molar-refractivity contribution in [1.29, 1.82) is 0 Å². The number of hydrogen-bond donors (Lipinski definition) is 1. The van der Waals surface area contributed by atoms with Crippen LogP contribution in [-0.2, 0) is 6.61 Å². The van der Waals surface area contributed by atoms with Gasteiger partial charge in [0, 0.05) is 0 Å². The highest BCUT2D eigenvalue weighted by molar-refractivity contribution is 5.46. The molecule has 1 fully saturated rings. The SMILES string of the molecule is OCc1ncc(N2CC(F)(F)C2)cn1. The predicted molar refractivity (Wildman–Crippen MR) is 45.1 cm³/mol. The van der Waals surface area contributed by atoms with E-state index in [4.69, 9.17) is 5.11 Å². The Morgan fingerprint density at radius 2 is 1.93 bits per heavy atom. The number of aliphatic hydroxyl groups is 1. The van der Waals surface area contributed by atoms with Gasteiger partial charge in [-0.1, -0.05) is 0 Å². The molecule has 1 N–H and O–H groups in total. The van der Waals surface area contributed by atoms with E-state index >= 15 is 0 Å². The second-order valence-corrected chi connectivity index (χ2v) is 3.23. The van der Waals surface area contributed by atoms with Crippen LogP contribution in [0, 0.1) is 0 Å². The van der Waals surface area contributed by atoms with Gasteiger partial charge in [-0.25, -0.2) is 18.7 Å². The number of rotatable bonds is 2. The maximum atomic E-state index is 12.5. The summed E-state index contributed by atoms with van der Waals surface area (Å²) >= 11 is 0. The molecule has 0 aromatic carbocycles. The summed E-state index contributed by atoms with van der Waals surface area (Å²) < 4.78 is 25.0. The fourth-order valence-corrected chi connectivity index (χ4v) is 1.29. The molecule has 0 radical (unpaired) electrons. The Hall–Kier alpha value is -1.30. The first-order chi connectivity index (χ1) is 6.61. The van der Waals surface area contributed by atoms with Gasteiger partial charge in [0.15, 0.2) is 5.82 Å². The average molecular weight is 201 g/mol. The molecule has 1 saturated heterocycles. The lowest BCUT2D eigenvalue weighted by Crippen LogP contribution is -2.56. The third-order valence-corrected chi connectivity index (χ3v) is 2.04. The van der Waals surface area contributed by atoms with Crippen LogP contribution in [0.3, 0.4) is 0 Å². The van der Waals surface area contributed by atoms with Crippen LogP contribution < -0.4 is 4.90 Å². The van der Waals surface area contributed by atoms with Crippen LogP contribution >= 0.6 is 0 Å². The first-order valence-electron chi connectivity index (χ1n) is 4.15. The van der Waals surface area contributed by atoms with Gasteiger partial charge < -0.3 is 10.0 Å². The van der Waals surface area contributed by atoms with Crippen molar-refractivity contribution in [3.8, 4) is 0 Å². The van der Waals surface area contributed by atoms with E-state index in [1.807, 2.05) is 0 Å². The van der Waals surface area contributed by atoms with Gasteiger partial charge in [-0.2, -0.15) is 0 Å². The van der Waals surface area contributed by atoms with E-state index in [2.05, 4.69) is 9.97 Å². The van der Waals surface area contributed by atoms with Crippen molar-refractivity contribution in [2.45, 2.75) is 12.5 Å². The number of aromatic nitrogens is 2. The zero-order valence-electron chi connectivity index (χ0n) is 7.32. The van der Waals surface area contributed by atoms with Gasteiger partial charge >= 0.3 is 0 Å². The summed E-state index contributed by atoms with van der Waals surface area (Å²) in [7, 11) is 0. The van der Waals surface area contributed by atoms with Crippen LogP contribution in [0.2, 0.25) is 0 Å². The molecule has 2 rings (SSSR count). The number of anilines is 1. The number of halogens is 2. The summed E-state index contributed by atoms with van der Waals surface area (Å²) in [5, 5.41) is 8.66. The second-order valence-electron chi connectivity index (χ2n) is 3.23. The molecule has 14 heavy (non-hydrogen) atoms. The summed E-state index contributed by atoms with van der Waals surface area (Å²) in [6.45, 7) is -0.805. The van der Waals surface area contributed by atoms with E-state index in [0.717, 1.165) is 0 Å². The molecule has 1 aromatic rings. The molecule has 0 spiro atoms. The minimum absolute atomic E-state index is 0.240. The molecule has 0 bridgehead atoms. The van der Waals surface area contributed by atoms with Gasteiger partial charge in [0.25, 0.3) is 5.92 Å². The van der Waals surface area contributed by atoms with Crippen molar-refractivity contribution in [3.63, 3.8) is 0 Å². The molecule has 1 aliphatic rings. The number of hydrogen-bond acceptors (Lipinski definition) is 4. The van der Waals surface area contributed by atoms with Crippen molar-refractivity contribution >= 4 is 5.69 Å². The largest absolute Gasteiger partial charge is 0.388 e. The van der Waals surface area contributed by atoms with Crippen molar-refractivity contribution < 1.29 is 13.9 Å². The van der Waals surface area contributed by atoms with E-state index in [0.29, 0.717) is 11.5 Å². The summed E-state index contributed by atoms with van der Waals surface area (Å²) in [6, 6.07) is 0. The van der Waals surface area contributed by atoms with Gasteiger partial charge in [0.1, 0.15) is 6.61 Å². The number of nitrogens with zero attached hydrogens (tertiary/aromatic N) is 3. The van der Waals surface area contributed by atoms with E-state index in [-0.39, 0.29) is 19.7 Å². The van der Waals surface area contributed by atoms with Gasteiger partial charge in [-0.3, -0.25) is 0 Å². The Morgan fingerprint density at radius 3 is 2.36 bits per heavy atom. The molecule has 2 heterocycles. The van der Waals surface area contributed by atoms with E-state index in [1.165, 1.54) is 17.3 Å². The van der Waals surface area contributed by atoms with Gasteiger partial charge in [0.05, 0.1) is 31.2 Å². The minimum atomic E-state index is -2.59. The fraction of sp³-hybridized carbons (Fsp3) is 0.500. The Balaban J connectivity index is 2.05. The molecular weight excluding hydrogens is 192 g/mol. The van der Waals surface area contributed by atoms with Gasteiger partial charge in [-0.05, 0) is 0 Å². The average Bonchev–Trinajstić information content (AvgIpc) is 2.14. The Bertz CT molecular complexity index is 320. The first-order valence-corrected chi connectivity index (χ1v) is 4.15. The van der Waals surface area contributed by atoms with Crippen LogP contribution in [0.5, 0.6) is 0 Å². The van der Waals surface area contributed by atoms with E-state index in [1.54, 1.807) is 0 Å². The third-order valence-electron chi connectivity index (χ3n) is 2.04. The fourth-order valence-electron chi connectivity index (χ4n) is 1.29. The second kappa shape index (κ2) is 3.13. The van der Waals surface area contributed by atoms with E-state index in [9.17, 15) is 8.78 Å². The molecule has 0 amide bonds. The molecule has 6 heteroatoms. The van der Waals surface area contributed by atoms with Gasteiger partial charge in [-0.15, -0.1) is 0 Å². The van der Waals surface area contributed by atoms with Gasteiger partial charge in [0.2, 0.25) is 0 Å². The maximum Gasteiger partial charge on any atom is 0.282 e. The standard InChI is InChI=1S/C8H9F2N3O/c9-8(10)4-13(5-8)6-1-11-7(3-14)12-2-6/h1-2,14H,3-5H2. The molecule has 1 aliphatic heterocycles. The quantitative estimate of drug-likeness (QED) is 0.753. The molecule has 0 saturated carbocycles. The Kier molecular flexibility index (Phi) is 2.07.